The molecule has 0 aliphatic carbocycles. The van der Waals surface area contributed by atoms with Crippen LogP contribution in [-0.4, -0.2) is 0 Å². The number of hydrogen-bond donors (Lipinski definition) is 0. The highest BCUT2D eigenvalue weighted by Gasteiger charge is 2.31. The Labute approximate surface area is 130 Å². The predicted molar refractivity (Wildman–Crippen MR) is 78.7 cm³/mol. The molecule has 1 unspecified atom stereocenters. The fourth-order valence-electron chi connectivity index (χ4n) is 1.33. The first kappa shape index (κ1) is 15.5. The lowest BCUT2D eigenvalue weighted by molar-refractivity contribution is 0.308. The molecule has 0 fully saturated rings. The number of benzene rings is 2. The van der Waals surface area contributed by atoms with Crippen LogP contribution in [0.2, 0.25) is 10.0 Å². The first-order valence-electron chi connectivity index (χ1n) is 5.32. The van der Waals surface area contributed by atoms with Crippen LogP contribution >= 0.6 is 42.9 Å². The van der Waals surface area contributed by atoms with Gasteiger partial charge in [0.1, 0.15) is 5.75 Å². The molecule has 0 spiro atoms. The topological polar surface area (TPSA) is 44.8 Å². The molecule has 0 saturated heterocycles. The molecule has 4 nitrogen and oxygen atoms in total. The molecule has 2 rings (SSSR count). The number of rotatable bonds is 5. The molecule has 0 aliphatic heterocycles. The fourth-order valence-corrected chi connectivity index (χ4v) is 2.87. The number of halogens is 3. The maximum Gasteiger partial charge on any atom is 0.604 e. The van der Waals surface area contributed by atoms with Gasteiger partial charge >= 0.3 is 7.82 Å². The van der Waals surface area contributed by atoms with Crippen molar-refractivity contribution in [3.8, 4) is 11.5 Å². The molecule has 2 aromatic carbocycles. The lowest BCUT2D eigenvalue weighted by atomic mass is 10.3. The van der Waals surface area contributed by atoms with Gasteiger partial charge in [0.25, 0.3) is 0 Å². The van der Waals surface area contributed by atoms with Crippen molar-refractivity contribution in [2.75, 3.05) is 0 Å². The summed E-state index contributed by atoms with van der Waals surface area (Å²) < 4.78 is 26.8. The Bertz CT molecular complexity index is 636. The first-order chi connectivity index (χ1) is 9.52. The maximum atomic E-state index is 12.3. The second-order valence-electron chi connectivity index (χ2n) is 3.59. The van der Waals surface area contributed by atoms with Gasteiger partial charge in [-0.25, -0.2) is 4.57 Å². The van der Waals surface area contributed by atoms with E-state index in [9.17, 15) is 4.57 Å². The second kappa shape index (κ2) is 6.70. The SMILES string of the molecule is O=P(OCl)(Oc1ccccc1)Oc1ccc(Cl)cc1Cl. The molecule has 0 bridgehead atoms. The van der Waals surface area contributed by atoms with Gasteiger partial charge in [0.15, 0.2) is 5.75 Å². The van der Waals surface area contributed by atoms with Gasteiger partial charge < -0.3 is 9.05 Å². The Morgan fingerprint density at radius 1 is 0.950 bits per heavy atom. The zero-order valence-electron chi connectivity index (χ0n) is 9.83. The van der Waals surface area contributed by atoms with Crippen molar-refractivity contribution in [1.82, 2.24) is 0 Å². The van der Waals surface area contributed by atoms with E-state index in [0.717, 1.165) is 0 Å². The first-order valence-corrected chi connectivity index (χ1v) is 7.84. The van der Waals surface area contributed by atoms with Crippen molar-refractivity contribution in [1.29, 1.82) is 0 Å². The van der Waals surface area contributed by atoms with Crippen LogP contribution in [0.15, 0.2) is 48.5 Å². The summed E-state index contributed by atoms with van der Waals surface area (Å²) in [6.45, 7) is 0. The summed E-state index contributed by atoms with van der Waals surface area (Å²) >= 11 is 16.9. The van der Waals surface area contributed by atoms with Gasteiger partial charge in [-0.3, -0.25) is 0 Å². The average molecular weight is 354 g/mol. The van der Waals surface area contributed by atoms with Crippen molar-refractivity contribution in [2.24, 2.45) is 0 Å². The lowest BCUT2D eigenvalue weighted by Crippen LogP contribution is -2.01. The quantitative estimate of drug-likeness (QED) is 0.644. The molecule has 0 aromatic heterocycles. The fraction of sp³-hybridized carbons (Fsp3) is 0. The Balaban J connectivity index is 2.21. The molecular formula is C12H8Cl3O4P. The van der Waals surface area contributed by atoms with Gasteiger partial charge in [-0.05, 0) is 30.3 Å². The van der Waals surface area contributed by atoms with Gasteiger partial charge in [0.05, 0.1) is 16.9 Å². The third-order valence-corrected chi connectivity index (χ3v) is 4.21. The number of phosphoric acid groups is 1. The van der Waals surface area contributed by atoms with Gasteiger partial charge in [-0.2, -0.15) is 4.08 Å². The smallest absolute Gasteiger partial charge is 0.394 e. The summed E-state index contributed by atoms with van der Waals surface area (Å²) in [4.78, 5) is 0. The summed E-state index contributed by atoms with van der Waals surface area (Å²) in [6.07, 6.45) is 0. The third-order valence-electron chi connectivity index (χ3n) is 2.15. The third kappa shape index (κ3) is 4.05. The highest BCUT2D eigenvalue weighted by Crippen LogP contribution is 2.52. The standard InChI is InChI=1S/C12H8Cl3O4P/c13-9-6-7-12(11(14)8-9)18-20(16,19-15)17-10-4-2-1-3-5-10/h1-8H. The van der Waals surface area contributed by atoms with Crippen molar-refractivity contribution >= 4 is 42.9 Å². The molecule has 106 valence electrons. The van der Waals surface area contributed by atoms with Crippen LogP contribution in [0.3, 0.4) is 0 Å². The van der Waals surface area contributed by atoms with E-state index in [0.29, 0.717) is 5.02 Å². The molecule has 0 radical (unpaired) electrons. The number of phosphoric ester groups is 1. The van der Waals surface area contributed by atoms with Gasteiger partial charge in [-0.1, -0.05) is 41.4 Å². The molecule has 1 atom stereocenters. The van der Waals surface area contributed by atoms with E-state index in [4.69, 9.17) is 44.1 Å². The Hall–Kier alpha value is -0.900. The summed E-state index contributed by atoms with van der Waals surface area (Å²) in [6, 6.07) is 12.7. The minimum atomic E-state index is -4.05. The van der Waals surface area contributed by atoms with Crippen LogP contribution in [0.1, 0.15) is 0 Å². The Morgan fingerprint density at radius 3 is 2.25 bits per heavy atom. The van der Waals surface area contributed by atoms with Crippen LogP contribution in [0, 0.1) is 0 Å². The highest BCUT2D eigenvalue weighted by atomic mass is 35.5. The van der Waals surface area contributed by atoms with Crippen molar-refractivity contribution in [3.05, 3.63) is 58.6 Å². The highest BCUT2D eigenvalue weighted by molar-refractivity contribution is 7.50. The molecule has 0 amide bonds. The van der Waals surface area contributed by atoms with Gasteiger partial charge in [0.2, 0.25) is 0 Å². The van der Waals surface area contributed by atoms with E-state index < -0.39 is 7.82 Å². The van der Waals surface area contributed by atoms with E-state index in [-0.39, 0.29) is 16.5 Å². The maximum absolute atomic E-state index is 12.3. The summed E-state index contributed by atoms with van der Waals surface area (Å²) in [7, 11) is -4.05. The molecule has 0 aliphatic rings. The summed E-state index contributed by atoms with van der Waals surface area (Å²) in [5.41, 5.74) is 0. The van der Waals surface area contributed by atoms with Crippen LogP contribution < -0.4 is 9.05 Å². The largest absolute Gasteiger partial charge is 0.604 e. The predicted octanol–water partition coefficient (Wildman–Crippen LogP) is 5.73. The number of hydrogen-bond acceptors (Lipinski definition) is 4. The number of para-hydroxylation sites is 1. The summed E-state index contributed by atoms with van der Waals surface area (Å²) in [5, 5.41) is 0.566. The van der Waals surface area contributed by atoms with E-state index in [1.165, 1.54) is 18.2 Å². The summed E-state index contributed by atoms with van der Waals surface area (Å²) in [5.74, 6) is 0.359. The van der Waals surface area contributed by atoms with Crippen molar-refractivity contribution in [3.63, 3.8) is 0 Å². The molecule has 0 N–H and O–H groups in total. The van der Waals surface area contributed by atoms with Gasteiger partial charge in [0, 0.05) is 5.02 Å². The minimum Gasteiger partial charge on any atom is -0.394 e. The molecule has 20 heavy (non-hydrogen) atoms. The Kier molecular flexibility index (Phi) is 5.19. The minimum absolute atomic E-state index is 0.0796. The zero-order chi connectivity index (χ0) is 14.6. The van der Waals surface area contributed by atoms with Crippen LogP contribution in [-0.2, 0) is 8.64 Å². The Morgan fingerprint density at radius 2 is 1.65 bits per heavy atom. The van der Waals surface area contributed by atoms with Crippen LogP contribution in [0.25, 0.3) is 0 Å². The molecule has 0 heterocycles. The molecule has 0 saturated carbocycles. The van der Waals surface area contributed by atoms with Gasteiger partial charge in [-0.15, -0.1) is 0 Å². The van der Waals surface area contributed by atoms with Crippen LogP contribution in [0.5, 0.6) is 11.5 Å². The van der Waals surface area contributed by atoms with Crippen LogP contribution in [0.4, 0.5) is 0 Å². The van der Waals surface area contributed by atoms with E-state index in [1.807, 2.05) is 0 Å². The lowest BCUT2D eigenvalue weighted by Gasteiger charge is -2.16. The molecular weight excluding hydrogens is 345 g/mol. The normalized spacial score (nSPS) is 13.6. The molecule has 8 heteroatoms. The zero-order valence-corrected chi connectivity index (χ0v) is 13.0. The van der Waals surface area contributed by atoms with E-state index in [2.05, 4.69) is 4.08 Å². The van der Waals surface area contributed by atoms with Crippen molar-refractivity contribution in [2.45, 2.75) is 0 Å². The van der Waals surface area contributed by atoms with E-state index >= 15 is 0 Å². The van der Waals surface area contributed by atoms with E-state index in [1.54, 1.807) is 30.3 Å². The monoisotopic (exact) mass is 352 g/mol. The van der Waals surface area contributed by atoms with Crippen molar-refractivity contribution < 1.29 is 17.7 Å². The molecule has 2 aromatic rings. The average Bonchev–Trinajstić information content (AvgIpc) is 2.43. The second-order valence-corrected chi connectivity index (χ2v) is 6.24.